The number of halogens is 1. The number of nitrogens with zero attached hydrogens (tertiary/aromatic N) is 5. The van der Waals surface area contributed by atoms with E-state index in [9.17, 15) is 4.79 Å². The van der Waals surface area contributed by atoms with Crippen molar-refractivity contribution in [3.8, 4) is 0 Å². The second-order valence-electron chi connectivity index (χ2n) is 9.34. The van der Waals surface area contributed by atoms with Gasteiger partial charge in [-0.15, -0.1) is 24.0 Å². The van der Waals surface area contributed by atoms with E-state index in [4.69, 9.17) is 4.99 Å². The van der Waals surface area contributed by atoms with Crippen LogP contribution in [0.25, 0.3) is 0 Å². The molecule has 8 heteroatoms. The molecule has 1 N–H and O–H groups in total. The minimum absolute atomic E-state index is 0. The summed E-state index contributed by atoms with van der Waals surface area (Å²) in [5, 5.41) is 3.48. The van der Waals surface area contributed by atoms with E-state index in [2.05, 4.69) is 40.8 Å². The van der Waals surface area contributed by atoms with Crippen molar-refractivity contribution >= 4 is 35.8 Å². The number of piperazine rings is 1. The number of aliphatic imine (C=N–C) groups is 1. The van der Waals surface area contributed by atoms with Crippen LogP contribution >= 0.6 is 24.0 Å². The van der Waals surface area contributed by atoms with Gasteiger partial charge >= 0.3 is 0 Å². The van der Waals surface area contributed by atoms with E-state index >= 15 is 0 Å². The highest BCUT2D eigenvalue weighted by molar-refractivity contribution is 14.0. The largest absolute Gasteiger partial charge is 0.357 e. The van der Waals surface area contributed by atoms with Gasteiger partial charge in [0.25, 0.3) is 0 Å². The molecule has 0 aliphatic carbocycles. The van der Waals surface area contributed by atoms with Crippen LogP contribution < -0.4 is 5.32 Å². The van der Waals surface area contributed by atoms with Gasteiger partial charge in [-0.1, -0.05) is 6.92 Å². The van der Waals surface area contributed by atoms with Crippen molar-refractivity contribution < 1.29 is 4.79 Å². The van der Waals surface area contributed by atoms with Crippen LogP contribution in [0.2, 0.25) is 0 Å². The highest BCUT2D eigenvalue weighted by atomic mass is 127. The third kappa shape index (κ3) is 8.03. The van der Waals surface area contributed by atoms with Crippen molar-refractivity contribution in [3.05, 3.63) is 0 Å². The average Bonchev–Trinajstić information content (AvgIpc) is 3.31. The number of piperidine rings is 1. The van der Waals surface area contributed by atoms with Gasteiger partial charge in [-0.2, -0.15) is 0 Å². The SMILES string of the molecule is CCNC(=NCCCN1CCC(C)CC1)N1CCN(C(C)C(=O)N2CCCC2)CC1.I. The Morgan fingerprint density at radius 2 is 1.65 bits per heavy atom. The summed E-state index contributed by atoms with van der Waals surface area (Å²) in [6, 6.07) is -0.00275. The van der Waals surface area contributed by atoms with Gasteiger partial charge in [0.15, 0.2) is 5.96 Å². The first-order chi connectivity index (χ1) is 14.6. The Bertz CT molecular complexity index is 552. The number of likely N-dealkylation sites (tertiary alicyclic amines) is 2. The molecule has 31 heavy (non-hydrogen) atoms. The Hall–Kier alpha value is -0.610. The van der Waals surface area contributed by atoms with Gasteiger partial charge in [0, 0.05) is 52.4 Å². The molecule has 1 amide bonds. The summed E-state index contributed by atoms with van der Waals surface area (Å²) in [4.78, 5) is 27.0. The molecule has 3 saturated heterocycles. The first-order valence-electron chi connectivity index (χ1n) is 12.4. The van der Waals surface area contributed by atoms with Crippen LogP contribution in [0.1, 0.15) is 52.9 Å². The lowest BCUT2D eigenvalue weighted by molar-refractivity contribution is -0.135. The van der Waals surface area contributed by atoms with Crippen molar-refractivity contribution in [1.82, 2.24) is 24.9 Å². The smallest absolute Gasteiger partial charge is 0.239 e. The first kappa shape index (κ1) is 26.6. The van der Waals surface area contributed by atoms with Gasteiger partial charge < -0.3 is 20.0 Å². The Kier molecular flexibility index (Phi) is 11.9. The van der Waals surface area contributed by atoms with Crippen molar-refractivity contribution in [2.24, 2.45) is 10.9 Å². The van der Waals surface area contributed by atoms with Crippen molar-refractivity contribution in [2.75, 3.05) is 72.0 Å². The summed E-state index contributed by atoms with van der Waals surface area (Å²) in [5.41, 5.74) is 0. The van der Waals surface area contributed by atoms with Gasteiger partial charge in [0.2, 0.25) is 5.91 Å². The minimum atomic E-state index is -0.00275. The highest BCUT2D eigenvalue weighted by Gasteiger charge is 2.30. The van der Waals surface area contributed by atoms with Gasteiger partial charge in [-0.3, -0.25) is 14.7 Å². The number of hydrogen-bond acceptors (Lipinski definition) is 4. The standard InChI is InChI=1S/C23H44N6O.HI/c1-4-24-23(25-10-7-11-26-14-8-20(2)9-15-26)29-18-16-27(17-19-29)21(3)22(30)28-12-5-6-13-28;/h20-21H,4-19H2,1-3H3,(H,24,25);1H. The number of amides is 1. The van der Waals surface area contributed by atoms with Gasteiger partial charge in [0.1, 0.15) is 0 Å². The number of carbonyl (C=O) groups excluding carboxylic acids is 1. The van der Waals surface area contributed by atoms with E-state index in [1.165, 1.54) is 32.5 Å². The molecular weight excluding hydrogens is 503 g/mol. The van der Waals surface area contributed by atoms with Crippen LogP contribution in [-0.4, -0.2) is 110 Å². The van der Waals surface area contributed by atoms with Crippen LogP contribution in [0, 0.1) is 5.92 Å². The Labute approximate surface area is 207 Å². The lowest BCUT2D eigenvalue weighted by atomic mass is 9.99. The third-order valence-corrected chi connectivity index (χ3v) is 7.04. The number of guanidine groups is 1. The molecule has 0 aromatic carbocycles. The summed E-state index contributed by atoms with van der Waals surface area (Å²) < 4.78 is 0. The van der Waals surface area contributed by atoms with Crippen LogP contribution in [0.5, 0.6) is 0 Å². The van der Waals surface area contributed by atoms with Crippen LogP contribution in [-0.2, 0) is 4.79 Å². The number of carbonyl (C=O) groups is 1. The van der Waals surface area contributed by atoms with E-state index in [1.807, 2.05) is 4.90 Å². The molecule has 7 nitrogen and oxygen atoms in total. The molecule has 3 aliphatic heterocycles. The first-order valence-corrected chi connectivity index (χ1v) is 12.4. The quantitative estimate of drug-likeness (QED) is 0.229. The molecule has 180 valence electrons. The monoisotopic (exact) mass is 548 g/mol. The molecule has 0 aromatic rings. The normalized spacial score (nSPS) is 23.0. The zero-order valence-electron chi connectivity index (χ0n) is 20.0. The topological polar surface area (TPSA) is 54.4 Å². The summed E-state index contributed by atoms with van der Waals surface area (Å²) in [5.74, 6) is 2.25. The molecule has 3 heterocycles. The lowest BCUT2D eigenvalue weighted by Crippen LogP contribution is -2.57. The second-order valence-corrected chi connectivity index (χ2v) is 9.34. The molecule has 0 radical (unpaired) electrons. The fraction of sp³-hybridized carbons (Fsp3) is 0.913. The highest BCUT2D eigenvalue weighted by Crippen LogP contribution is 2.16. The fourth-order valence-corrected chi connectivity index (χ4v) is 4.87. The summed E-state index contributed by atoms with van der Waals surface area (Å²) in [6.45, 7) is 17.7. The average molecular weight is 549 g/mol. The number of hydrogen-bond donors (Lipinski definition) is 1. The molecule has 3 rings (SSSR count). The molecule has 0 aromatic heterocycles. The predicted octanol–water partition coefficient (Wildman–Crippen LogP) is 2.32. The van der Waals surface area contributed by atoms with Crippen molar-refractivity contribution in [1.29, 1.82) is 0 Å². The molecule has 0 bridgehead atoms. The zero-order chi connectivity index (χ0) is 21.3. The summed E-state index contributed by atoms with van der Waals surface area (Å²) >= 11 is 0. The number of rotatable bonds is 7. The molecule has 3 fully saturated rings. The van der Waals surface area contributed by atoms with Crippen LogP contribution in [0.3, 0.4) is 0 Å². The Morgan fingerprint density at radius 3 is 2.26 bits per heavy atom. The van der Waals surface area contributed by atoms with E-state index in [0.29, 0.717) is 5.91 Å². The van der Waals surface area contributed by atoms with E-state index in [0.717, 1.165) is 83.5 Å². The van der Waals surface area contributed by atoms with E-state index in [-0.39, 0.29) is 30.0 Å². The molecular formula is C23H45IN6O. The maximum absolute atomic E-state index is 12.7. The van der Waals surface area contributed by atoms with E-state index < -0.39 is 0 Å². The molecule has 1 atom stereocenters. The lowest BCUT2D eigenvalue weighted by Gasteiger charge is -2.39. The van der Waals surface area contributed by atoms with Crippen LogP contribution in [0.15, 0.2) is 4.99 Å². The molecule has 1 unspecified atom stereocenters. The van der Waals surface area contributed by atoms with Gasteiger partial charge in [-0.05, 0) is 71.5 Å². The third-order valence-electron chi connectivity index (χ3n) is 7.04. The predicted molar refractivity (Wildman–Crippen MR) is 139 cm³/mol. The Balaban J connectivity index is 0.00000341. The molecule has 0 spiro atoms. The minimum Gasteiger partial charge on any atom is -0.357 e. The maximum Gasteiger partial charge on any atom is 0.239 e. The van der Waals surface area contributed by atoms with Crippen molar-refractivity contribution in [3.63, 3.8) is 0 Å². The van der Waals surface area contributed by atoms with Gasteiger partial charge in [0.05, 0.1) is 6.04 Å². The number of nitrogens with one attached hydrogen (secondary N) is 1. The maximum atomic E-state index is 12.7. The van der Waals surface area contributed by atoms with Crippen molar-refractivity contribution in [2.45, 2.75) is 58.9 Å². The van der Waals surface area contributed by atoms with Gasteiger partial charge in [-0.25, -0.2) is 0 Å². The van der Waals surface area contributed by atoms with E-state index in [1.54, 1.807) is 0 Å². The molecule has 0 saturated carbocycles. The summed E-state index contributed by atoms with van der Waals surface area (Å²) in [6.07, 6.45) is 6.13. The Morgan fingerprint density at radius 1 is 1.00 bits per heavy atom. The molecule has 3 aliphatic rings. The van der Waals surface area contributed by atoms with Crippen LogP contribution in [0.4, 0.5) is 0 Å². The summed E-state index contributed by atoms with van der Waals surface area (Å²) in [7, 11) is 0. The fourth-order valence-electron chi connectivity index (χ4n) is 4.87. The second kappa shape index (κ2) is 13.8. The zero-order valence-corrected chi connectivity index (χ0v) is 22.4.